The highest BCUT2D eigenvalue weighted by Crippen LogP contribution is 2.21. The summed E-state index contributed by atoms with van der Waals surface area (Å²) in [4.78, 5) is 24.6. The van der Waals surface area contributed by atoms with Crippen LogP contribution in [0.1, 0.15) is 16.2 Å². The number of rotatable bonds is 11. The lowest BCUT2D eigenvalue weighted by Gasteiger charge is -2.09. The average molecular weight is 504 g/mol. The Morgan fingerprint density at radius 2 is 2.00 bits per heavy atom. The van der Waals surface area contributed by atoms with Gasteiger partial charge in [0.1, 0.15) is 17.4 Å². The van der Waals surface area contributed by atoms with E-state index in [1.165, 1.54) is 30.0 Å². The normalized spacial score (nSPS) is 10.6. The fourth-order valence-corrected chi connectivity index (χ4v) is 3.90. The maximum Gasteiger partial charge on any atom is 0.251 e. The predicted molar refractivity (Wildman–Crippen MR) is 130 cm³/mol. The van der Waals surface area contributed by atoms with Crippen molar-refractivity contribution in [3.05, 3.63) is 77.3 Å². The van der Waals surface area contributed by atoms with Crippen LogP contribution in [0, 0.1) is 5.82 Å². The van der Waals surface area contributed by atoms with Crippen molar-refractivity contribution in [2.45, 2.75) is 18.1 Å². The molecule has 0 fully saturated rings. The summed E-state index contributed by atoms with van der Waals surface area (Å²) in [5.74, 6) is 0.341. The van der Waals surface area contributed by atoms with Gasteiger partial charge in [0.15, 0.2) is 5.16 Å². The van der Waals surface area contributed by atoms with Crippen LogP contribution >= 0.6 is 23.4 Å². The Bertz CT molecular complexity index is 1170. The van der Waals surface area contributed by atoms with Crippen molar-refractivity contribution in [3.8, 4) is 5.75 Å². The Morgan fingerprint density at radius 3 is 2.68 bits per heavy atom. The minimum Gasteiger partial charge on any atom is -0.497 e. The van der Waals surface area contributed by atoms with Gasteiger partial charge in [-0.3, -0.25) is 9.59 Å². The van der Waals surface area contributed by atoms with Crippen molar-refractivity contribution in [2.24, 2.45) is 0 Å². The topological polar surface area (TPSA) is 98.1 Å². The van der Waals surface area contributed by atoms with Crippen LogP contribution in [0.4, 0.5) is 10.1 Å². The van der Waals surface area contributed by atoms with E-state index in [0.717, 1.165) is 0 Å². The molecule has 2 aromatic carbocycles. The van der Waals surface area contributed by atoms with Crippen molar-refractivity contribution in [1.29, 1.82) is 0 Å². The quantitative estimate of drug-likeness (QED) is 0.303. The van der Waals surface area contributed by atoms with Gasteiger partial charge in [-0.15, -0.1) is 16.8 Å². The van der Waals surface area contributed by atoms with E-state index in [-0.39, 0.29) is 22.6 Å². The molecule has 0 saturated carbocycles. The Balaban J connectivity index is 1.54. The number of anilines is 1. The number of carbonyl (C=O) groups is 2. The summed E-state index contributed by atoms with van der Waals surface area (Å²) in [6, 6.07) is 10.8. The number of allylic oxidation sites excluding steroid dienone is 1. The van der Waals surface area contributed by atoms with Crippen LogP contribution in [-0.2, 0) is 17.8 Å². The summed E-state index contributed by atoms with van der Waals surface area (Å²) in [6.07, 6.45) is 2.15. The molecule has 11 heteroatoms. The van der Waals surface area contributed by atoms with Gasteiger partial charge in [0.25, 0.3) is 5.91 Å². The third kappa shape index (κ3) is 6.82. The van der Waals surface area contributed by atoms with E-state index in [1.54, 1.807) is 37.5 Å². The van der Waals surface area contributed by atoms with Crippen LogP contribution in [-0.4, -0.2) is 46.0 Å². The van der Waals surface area contributed by atoms with Crippen molar-refractivity contribution in [3.63, 3.8) is 0 Å². The molecule has 0 aliphatic carbocycles. The van der Waals surface area contributed by atoms with Crippen LogP contribution in [0.25, 0.3) is 0 Å². The lowest BCUT2D eigenvalue weighted by molar-refractivity contribution is -0.113. The van der Waals surface area contributed by atoms with Crippen LogP contribution < -0.4 is 15.4 Å². The molecule has 2 N–H and O–H groups in total. The van der Waals surface area contributed by atoms with Gasteiger partial charge < -0.3 is 19.9 Å². The highest BCUT2D eigenvalue weighted by atomic mass is 35.5. The Labute approximate surface area is 205 Å². The van der Waals surface area contributed by atoms with Crippen molar-refractivity contribution < 1.29 is 18.7 Å². The van der Waals surface area contributed by atoms with E-state index in [2.05, 4.69) is 27.4 Å². The Kier molecular flexibility index (Phi) is 9.06. The lowest BCUT2D eigenvalue weighted by Crippen LogP contribution is -2.26. The van der Waals surface area contributed by atoms with Gasteiger partial charge in [-0.1, -0.05) is 29.4 Å². The zero-order valence-electron chi connectivity index (χ0n) is 18.4. The van der Waals surface area contributed by atoms with Gasteiger partial charge in [-0.05, 0) is 42.5 Å². The second-order valence-corrected chi connectivity index (χ2v) is 8.35. The summed E-state index contributed by atoms with van der Waals surface area (Å²) in [5, 5.41) is 14.4. The molecular formula is C23H23ClFN5O3S. The molecular weight excluding hydrogens is 481 g/mol. The number of benzene rings is 2. The van der Waals surface area contributed by atoms with E-state index in [4.69, 9.17) is 16.3 Å². The molecule has 1 aromatic heterocycles. The summed E-state index contributed by atoms with van der Waals surface area (Å²) < 4.78 is 20.2. The SMILES string of the molecule is C=CCn1c(CCNC(=O)c2ccc(OC)cc2)nnc1SCC(=O)Nc1ccc(F)c(Cl)c1. The number of hydrogen-bond donors (Lipinski definition) is 2. The van der Waals surface area contributed by atoms with Crippen LogP contribution in [0.5, 0.6) is 5.75 Å². The smallest absolute Gasteiger partial charge is 0.251 e. The first-order valence-corrected chi connectivity index (χ1v) is 11.6. The number of thioether (sulfide) groups is 1. The maximum absolute atomic E-state index is 13.3. The molecule has 0 spiro atoms. The van der Waals surface area contributed by atoms with E-state index >= 15 is 0 Å². The van der Waals surface area contributed by atoms with Gasteiger partial charge in [0.05, 0.1) is 17.9 Å². The molecule has 0 atom stereocenters. The molecule has 34 heavy (non-hydrogen) atoms. The van der Waals surface area contributed by atoms with Gasteiger partial charge >= 0.3 is 0 Å². The number of hydrogen-bond acceptors (Lipinski definition) is 6. The van der Waals surface area contributed by atoms with E-state index in [9.17, 15) is 14.0 Å². The first-order chi connectivity index (χ1) is 16.4. The molecule has 0 bridgehead atoms. The standard InChI is InChI=1S/C23H23ClFN5O3S/c1-3-12-30-20(10-11-26-22(32)15-4-7-17(33-2)8-5-15)28-29-23(30)34-14-21(31)27-16-6-9-19(25)18(24)13-16/h3-9,13H,1,10-12,14H2,2H3,(H,26,32)(H,27,31). The van der Waals surface area contributed by atoms with Crippen molar-refractivity contribution in [2.75, 3.05) is 24.7 Å². The van der Waals surface area contributed by atoms with E-state index in [1.807, 2.05) is 4.57 Å². The molecule has 0 aliphatic rings. The summed E-state index contributed by atoms with van der Waals surface area (Å²) in [6.45, 7) is 4.57. The Morgan fingerprint density at radius 1 is 1.24 bits per heavy atom. The molecule has 3 rings (SSSR count). The average Bonchev–Trinajstić information content (AvgIpc) is 3.21. The minimum atomic E-state index is -0.556. The first-order valence-electron chi connectivity index (χ1n) is 10.2. The number of nitrogens with one attached hydrogen (secondary N) is 2. The van der Waals surface area contributed by atoms with Gasteiger partial charge in [0.2, 0.25) is 5.91 Å². The Hall–Kier alpha value is -3.37. The monoisotopic (exact) mass is 503 g/mol. The van der Waals surface area contributed by atoms with E-state index in [0.29, 0.717) is 47.5 Å². The lowest BCUT2D eigenvalue weighted by atomic mass is 10.2. The molecule has 2 amide bonds. The summed E-state index contributed by atoms with van der Waals surface area (Å²) in [5.41, 5.74) is 0.927. The maximum atomic E-state index is 13.3. The number of methoxy groups -OCH3 is 1. The fraction of sp³-hybridized carbons (Fsp3) is 0.217. The summed E-state index contributed by atoms with van der Waals surface area (Å²) >= 11 is 6.95. The first kappa shape index (κ1) is 25.3. The van der Waals surface area contributed by atoms with E-state index < -0.39 is 5.82 Å². The fourth-order valence-electron chi connectivity index (χ4n) is 2.96. The number of ether oxygens (including phenoxy) is 1. The van der Waals surface area contributed by atoms with Gasteiger partial charge in [0, 0.05) is 30.8 Å². The summed E-state index contributed by atoms with van der Waals surface area (Å²) in [7, 11) is 1.56. The number of aromatic nitrogens is 3. The minimum absolute atomic E-state index is 0.0679. The number of halogens is 2. The highest BCUT2D eigenvalue weighted by Gasteiger charge is 2.15. The second-order valence-electron chi connectivity index (χ2n) is 7.00. The third-order valence-corrected chi connectivity index (χ3v) is 5.88. The number of carbonyl (C=O) groups excluding carboxylic acids is 2. The molecule has 8 nitrogen and oxygen atoms in total. The molecule has 178 valence electrons. The molecule has 0 unspecified atom stereocenters. The molecule has 0 saturated heterocycles. The third-order valence-electron chi connectivity index (χ3n) is 4.63. The molecule has 0 aliphatic heterocycles. The number of nitrogens with zero attached hydrogens (tertiary/aromatic N) is 3. The zero-order valence-corrected chi connectivity index (χ0v) is 20.0. The van der Waals surface area contributed by atoms with Crippen LogP contribution in [0.3, 0.4) is 0 Å². The van der Waals surface area contributed by atoms with Crippen LogP contribution in [0.2, 0.25) is 5.02 Å². The number of amides is 2. The molecule has 0 radical (unpaired) electrons. The zero-order chi connectivity index (χ0) is 24.5. The second kappa shape index (κ2) is 12.2. The van der Waals surface area contributed by atoms with Gasteiger partial charge in [-0.2, -0.15) is 0 Å². The van der Waals surface area contributed by atoms with Crippen LogP contribution in [0.15, 0.2) is 60.3 Å². The predicted octanol–water partition coefficient (Wildman–Crippen LogP) is 3.97. The molecule has 1 heterocycles. The highest BCUT2D eigenvalue weighted by molar-refractivity contribution is 7.99. The van der Waals surface area contributed by atoms with Crippen molar-refractivity contribution >= 4 is 40.9 Å². The van der Waals surface area contributed by atoms with Crippen molar-refractivity contribution in [1.82, 2.24) is 20.1 Å². The molecule has 3 aromatic rings. The van der Waals surface area contributed by atoms with Gasteiger partial charge in [-0.25, -0.2) is 4.39 Å². The largest absolute Gasteiger partial charge is 0.497 e.